The summed E-state index contributed by atoms with van der Waals surface area (Å²) in [5, 5.41) is 6.19. The number of carbonyl (C=O) groups is 2. The Bertz CT molecular complexity index is 929. The van der Waals surface area contributed by atoms with Gasteiger partial charge in [-0.25, -0.2) is 0 Å². The smallest absolute Gasteiger partial charge is 0.253 e. The van der Waals surface area contributed by atoms with Crippen LogP contribution >= 0.6 is 0 Å². The SMILES string of the molecule is CC1CCN(c2ccc(NC(=O)C3CCCCC3)cc2C(=O)NCCc2ccccc2)CC1. The van der Waals surface area contributed by atoms with Crippen molar-refractivity contribution >= 4 is 23.2 Å². The lowest BCUT2D eigenvalue weighted by atomic mass is 9.88. The van der Waals surface area contributed by atoms with Crippen LogP contribution in [0, 0.1) is 11.8 Å². The lowest BCUT2D eigenvalue weighted by Gasteiger charge is -2.33. The van der Waals surface area contributed by atoms with E-state index in [4.69, 9.17) is 0 Å². The normalized spacial score (nSPS) is 17.5. The number of benzene rings is 2. The van der Waals surface area contributed by atoms with Crippen LogP contribution in [0.25, 0.3) is 0 Å². The molecule has 0 unspecified atom stereocenters. The summed E-state index contributed by atoms with van der Waals surface area (Å²) >= 11 is 0. The molecule has 1 saturated carbocycles. The summed E-state index contributed by atoms with van der Waals surface area (Å²) in [6, 6.07) is 16.0. The van der Waals surface area contributed by atoms with Crippen molar-refractivity contribution in [2.45, 2.75) is 58.3 Å². The molecule has 2 aliphatic rings. The van der Waals surface area contributed by atoms with Gasteiger partial charge in [-0.15, -0.1) is 0 Å². The summed E-state index contributed by atoms with van der Waals surface area (Å²) in [7, 11) is 0. The van der Waals surface area contributed by atoms with Crippen molar-refractivity contribution in [1.29, 1.82) is 0 Å². The Hall–Kier alpha value is -2.82. The van der Waals surface area contributed by atoms with Gasteiger partial charge in [0.15, 0.2) is 0 Å². The molecule has 2 N–H and O–H groups in total. The molecule has 2 fully saturated rings. The monoisotopic (exact) mass is 447 g/mol. The van der Waals surface area contributed by atoms with Crippen molar-refractivity contribution < 1.29 is 9.59 Å². The molecule has 2 aromatic rings. The number of carbonyl (C=O) groups excluding carboxylic acids is 2. The molecule has 0 bridgehead atoms. The molecule has 176 valence electrons. The molecule has 0 radical (unpaired) electrons. The lowest BCUT2D eigenvalue weighted by molar-refractivity contribution is -0.120. The van der Waals surface area contributed by atoms with Gasteiger partial charge < -0.3 is 15.5 Å². The van der Waals surface area contributed by atoms with E-state index in [2.05, 4.69) is 34.6 Å². The van der Waals surface area contributed by atoms with Gasteiger partial charge in [0.1, 0.15) is 0 Å². The van der Waals surface area contributed by atoms with Gasteiger partial charge in [-0.05, 0) is 61.8 Å². The second-order valence-electron chi connectivity index (χ2n) is 9.72. The molecule has 5 heteroatoms. The van der Waals surface area contributed by atoms with Gasteiger partial charge >= 0.3 is 0 Å². The average molecular weight is 448 g/mol. The Labute approximate surface area is 197 Å². The Balaban J connectivity index is 1.48. The van der Waals surface area contributed by atoms with Gasteiger partial charge in [0.2, 0.25) is 5.91 Å². The molecule has 1 heterocycles. The second-order valence-corrected chi connectivity index (χ2v) is 9.72. The standard InChI is InChI=1S/C28H37N3O2/c1-21-15-18-31(19-16-21)26-13-12-24(30-27(32)23-10-6-3-7-11-23)20-25(26)28(33)29-17-14-22-8-4-2-5-9-22/h2,4-5,8-9,12-13,20-21,23H,3,6-7,10-11,14-19H2,1H3,(H,29,33)(H,30,32). The number of nitrogens with zero attached hydrogens (tertiary/aromatic N) is 1. The van der Waals surface area contributed by atoms with E-state index in [1.165, 1.54) is 12.0 Å². The van der Waals surface area contributed by atoms with Gasteiger partial charge in [-0.3, -0.25) is 9.59 Å². The van der Waals surface area contributed by atoms with Crippen molar-refractivity contribution in [3.05, 3.63) is 59.7 Å². The summed E-state index contributed by atoms with van der Waals surface area (Å²) < 4.78 is 0. The molecule has 0 atom stereocenters. The van der Waals surface area contributed by atoms with E-state index in [1.807, 2.05) is 36.4 Å². The highest BCUT2D eigenvalue weighted by Gasteiger charge is 2.24. The minimum absolute atomic E-state index is 0.0756. The Morgan fingerprint density at radius 1 is 0.939 bits per heavy atom. The molecule has 0 aromatic heterocycles. The first kappa shape index (κ1) is 23.3. The van der Waals surface area contributed by atoms with Crippen LogP contribution in [0.5, 0.6) is 0 Å². The van der Waals surface area contributed by atoms with Crippen LogP contribution in [-0.2, 0) is 11.2 Å². The van der Waals surface area contributed by atoms with Crippen LogP contribution in [0.3, 0.4) is 0 Å². The first-order chi connectivity index (χ1) is 16.1. The number of hydrogen-bond donors (Lipinski definition) is 2. The zero-order chi connectivity index (χ0) is 23.0. The number of nitrogens with one attached hydrogen (secondary N) is 2. The molecule has 2 amide bonds. The maximum atomic E-state index is 13.3. The number of piperidine rings is 1. The molecule has 5 nitrogen and oxygen atoms in total. The average Bonchev–Trinajstić information content (AvgIpc) is 2.86. The predicted octanol–water partition coefficient (Wildman–Crippen LogP) is 5.41. The molecule has 4 rings (SSSR count). The molecule has 2 aromatic carbocycles. The first-order valence-electron chi connectivity index (χ1n) is 12.6. The van der Waals surface area contributed by atoms with Crippen molar-refractivity contribution in [2.75, 3.05) is 29.9 Å². The summed E-state index contributed by atoms with van der Waals surface area (Å²) in [4.78, 5) is 28.3. The summed E-state index contributed by atoms with van der Waals surface area (Å²) in [6.45, 7) is 4.79. The molecule has 1 aliphatic heterocycles. The van der Waals surface area contributed by atoms with E-state index < -0.39 is 0 Å². The van der Waals surface area contributed by atoms with Crippen molar-refractivity contribution in [3.63, 3.8) is 0 Å². The zero-order valence-electron chi connectivity index (χ0n) is 19.8. The van der Waals surface area contributed by atoms with Gasteiger partial charge in [-0.1, -0.05) is 56.5 Å². The number of hydrogen-bond acceptors (Lipinski definition) is 3. The van der Waals surface area contributed by atoms with Gasteiger partial charge in [0.05, 0.1) is 5.56 Å². The fourth-order valence-electron chi connectivity index (χ4n) is 4.99. The van der Waals surface area contributed by atoms with E-state index in [0.29, 0.717) is 17.8 Å². The fraction of sp³-hybridized carbons (Fsp3) is 0.500. The van der Waals surface area contributed by atoms with Crippen LogP contribution in [0.2, 0.25) is 0 Å². The highest BCUT2D eigenvalue weighted by Crippen LogP contribution is 2.30. The van der Waals surface area contributed by atoms with Gasteiger partial charge in [0.25, 0.3) is 5.91 Å². The van der Waals surface area contributed by atoms with Crippen molar-refractivity contribution in [2.24, 2.45) is 11.8 Å². The van der Waals surface area contributed by atoms with Crippen LogP contribution < -0.4 is 15.5 Å². The number of rotatable bonds is 7. The van der Waals surface area contributed by atoms with Crippen LogP contribution in [0.1, 0.15) is 67.8 Å². The second kappa shape index (κ2) is 11.4. The third-order valence-corrected chi connectivity index (χ3v) is 7.15. The molecule has 1 saturated heterocycles. The third kappa shape index (κ3) is 6.37. The molecular weight excluding hydrogens is 410 g/mol. The van der Waals surface area contributed by atoms with E-state index in [-0.39, 0.29) is 17.7 Å². The van der Waals surface area contributed by atoms with E-state index >= 15 is 0 Å². The van der Waals surface area contributed by atoms with Gasteiger partial charge in [0, 0.05) is 36.9 Å². The largest absolute Gasteiger partial charge is 0.371 e. The summed E-state index contributed by atoms with van der Waals surface area (Å²) in [5.41, 5.74) is 3.54. The minimum Gasteiger partial charge on any atom is -0.371 e. The Morgan fingerprint density at radius 2 is 1.67 bits per heavy atom. The highest BCUT2D eigenvalue weighted by molar-refractivity contribution is 6.02. The van der Waals surface area contributed by atoms with Crippen LogP contribution in [-0.4, -0.2) is 31.4 Å². The Morgan fingerprint density at radius 3 is 2.39 bits per heavy atom. The summed E-state index contributed by atoms with van der Waals surface area (Å²) in [5.74, 6) is 0.821. The molecule has 33 heavy (non-hydrogen) atoms. The zero-order valence-corrected chi connectivity index (χ0v) is 19.8. The van der Waals surface area contributed by atoms with Crippen molar-refractivity contribution in [3.8, 4) is 0 Å². The molecule has 0 spiro atoms. The topological polar surface area (TPSA) is 61.4 Å². The van der Waals surface area contributed by atoms with Crippen LogP contribution in [0.15, 0.2) is 48.5 Å². The molecule has 1 aliphatic carbocycles. The van der Waals surface area contributed by atoms with E-state index in [0.717, 1.165) is 69.6 Å². The minimum atomic E-state index is -0.0756. The quantitative estimate of drug-likeness (QED) is 0.596. The van der Waals surface area contributed by atoms with E-state index in [1.54, 1.807) is 0 Å². The third-order valence-electron chi connectivity index (χ3n) is 7.15. The van der Waals surface area contributed by atoms with Gasteiger partial charge in [-0.2, -0.15) is 0 Å². The van der Waals surface area contributed by atoms with Crippen molar-refractivity contribution in [1.82, 2.24) is 5.32 Å². The molecular formula is C28H37N3O2. The predicted molar refractivity (Wildman–Crippen MR) is 135 cm³/mol. The maximum Gasteiger partial charge on any atom is 0.253 e. The number of anilines is 2. The maximum absolute atomic E-state index is 13.3. The highest BCUT2D eigenvalue weighted by atomic mass is 16.2. The van der Waals surface area contributed by atoms with Crippen LogP contribution in [0.4, 0.5) is 11.4 Å². The summed E-state index contributed by atoms with van der Waals surface area (Å²) in [6.07, 6.45) is 8.45. The lowest BCUT2D eigenvalue weighted by Crippen LogP contribution is -2.35. The van der Waals surface area contributed by atoms with E-state index in [9.17, 15) is 9.59 Å². The first-order valence-corrected chi connectivity index (χ1v) is 12.6. The fourth-order valence-corrected chi connectivity index (χ4v) is 4.99. The Kier molecular flexibility index (Phi) is 8.03. The number of amides is 2.